The van der Waals surface area contributed by atoms with Crippen LogP contribution in [0.5, 0.6) is 0 Å². The molecule has 0 aromatic heterocycles. The lowest BCUT2D eigenvalue weighted by atomic mass is 9.79. The number of aliphatic carboxylic acids is 1. The summed E-state index contributed by atoms with van der Waals surface area (Å²) < 4.78 is 0. The van der Waals surface area contributed by atoms with Gasteiger partial charge in [0.1, 0.15) is 0 Å². The van der Waals surface area contributed by atoms with Crippen LogP contribution in [0, 0.1) is 11.8 Å². The number of carbonyl (C=O) groups is 1. The molecule has 0 radical (unpaired) electrons. The Morgan fingerprint density at radius 1 is 1.28 bits per heavy atom. The van der Waals surface area contributed by atoms with Gasteiger partial charge in [0, 0.05) is 11.3 Å². The third-order valence-corrected chi connectivity index (χ3v) is 5.85. The largest absolute Gasteiger partial charge is 0.481 e. The molecule has 1 aliphatic carbocycles. The summed E-state index contributed by atoms with van der Waals surface area (Å²) in [5.41, 5.74) is 0. The maximum Gasteiger partial charge on any atom is 0.306 e. The predicted octanol–water partition coefficient (Wildman–Crippen LogP) is 2.75. The van der Waals surface area contributed by atoms with Crippen molar-refractivity contribution >= 4 is 17.7 Å². The van der Waals surface area contributed by atoms with Crippen LogP contribution in [0.1, 0.15) is 45.4 Å². The van der Waals surface area contributed by atoms with Crippen molar-refractivity contribution in [3.8, 4) is 0 Å². The summed E-state index contributed by atoms with van der Waals surface area (Å²) in [6, 6.07) is 0.583. The molecule has 3 nitrogen and oxygen atoms in total. The number of carboxylic acid groups (broad SMARTS) is 1. The Labute approximate surface area is 114 Å². The zero-order valence-electron chi connectivity index (χ0n) is 11.2. The smallest absolute Gasteiger partial charge is 0.306 e. The molecule has 0 aromatic rings. The van der Waals surface area contributed by atoms with Gasteiger partial charge >= 0.3 is 5.97 Å². The average molecular weight is 271 g/mol. The minimum Gasteiger partial charge on any atom is -0.481 e. The van der Waals surface area contributed by atoms with E-state index in [0.29, 0.717) is 17.2 Å². The number of carboxylic acids is 1. The van der Waals surface area contributed by atoms with Gasteiger partial charge in [-0.25, -0.2) is 0 Å². The first-order valence-electron chi connectivity index (χ1n) is 7.26. The SMILES string of the molecule is CC1SCCCC1NCC1CCCCC1C(=O)O. The second-order valence-corrected chi connectivity index (χ2v) is 7.21. The zero-order valence-corrected chi connectivity index (χ0v) is 12.0. The van der Waals surface area contributed by atoms with E-state index in [1.54, 1.807) is 0 Å². The highest BCUT2D eigenvalue weighted by molar-refractivity contribution is 7.99. The van der Waals surface area contributed by atoms with Crippen molar-refractivity contribution in [1.29, 1.82) is 0 Å². The Hall–Kier alpha value is -0.220. The summed E-state index contributed by atoms with van der Waals surface area (Å²) in [6.45, 7) is 3.18. The van der Waals surface area contributed by atoms with Crippen LogP contribution in [-0.4, -0.2) is 34.7 Å². The molecular weight excluding hydrogens is 246 g/mol. The fourth-order valence-electron chi connectivity index (χ4n) is 3.27. The fraction of sp³-hybridized carbons (Fsp3) is 0.929. The minimum atomic E-state index is -0.590. The molecule has 0 bridgehead atoms. The summed E-state index contributed by atoms with van der Waals surface area (Å²) in [5.74, 6) is 0.918. The van der Waals surface area contributed by atoms with Gasteiger partial charge < -0.3 is 10.4 Å². The van der Waals surface area contributed by atoms with Crippen LogP contribution in [0.4, 0.5) is 0 Å². The lowest BCUT2D eigenvalue weighted by molar-refractivity contribution is -0.144. The van der Waals surface area contributed by atoms with E-state index >= 15 is 0 Å². The molecule has 2 rings (SSSR count). The molecule has 104 valence electrons. The minimum absolute atomic E-state index is 0.113. The van der Waals surface area contributed by atoms with Gasteiger partial charge in [0.05, 0.1) is 5.92 Å². The van der Waals surface area contributed by atoms with E-state index in [2.05, 4.69) is 12.2 Å². The average Bonchev–Trinajstić information content (AvgIpc) is 2.38. The number of nitrogens with one attached hydrogen (secondary N) is 1. The van der Waals surface area contributed by atoms with Gasteiger partial charge in [-0.05, 0) is 43.9 Å². The topological polar surface area (TPSA) is 49.3 Å². The maximum absolute atomic E-state index is 11.2. The molecule has 0 amide bonds. The third-order valence-electron chi connectivity index (χ3n) is 4.48. The highest BCUT2D eigenvalue weighted by Crippen LogP contribution is 2.31. The van der Waals surface area contributed by atoms with E-state index in [1.807, 2.05) is 11.8 Å². The molecule has 4 heteroatoms. The van der Waals surface area contributed by atoms with Crippen molar-refractivity contribution < 1.29 is 9.90 Å². The molecule has 4 atom stereocenters. The van der Waals surface area contributed by atoms with Crippen molar-refractivity contribution in [3.05, 3.63) is 0 Å². The lowest BCUT2D eigenvalue weighted by Gasteiger charge is -2.34. The first-order valence-corrected chi connectivity index (χ1v) is 8.31. The number of thioether (sulfide) groups is 1. The molecule has 1 heterocycles. The Bertz CT molecular complexity index is 285. The van der Waals surface area contributed by atoms with Crippen LogP contribution >= 0.6 is 11.8 Å². The van der Waals surface area contributed by atoms with Crippen LogP contribution < -0.4 is 5.32 Å². The van der Waals surface area contributed by atoms with Gasteiger partial charge in [0.25, 0.3) is 0 Å². The van der Waals surface area contributed by atoms with E-state index in [4.69, 9.17) is 0 Å². The van der Waals surface area contributed by atoms with Crippen LogP contribution in [0.3, 0.4) is 0 Å². The van der Waals surface area contributed by atoms with Gasteiger partial charge in [0.2, 0.25) is 0 Å². The number of rotatable bonds is 4. The predicted molar refractivity (Wildman–Crippen MR) is 76.0 cm³/mol. The molecule has 1 aliphatic heterocycles. The summed E-state index contributed by atoms with van der Waals surface area (Å²) >= 11 is 2.04. The second kappa shape index (κ2) is 6.80. The van der Waals surface area contributed by atoms with E-state index in [9.17, 15) is 9.90 Å². The van der Waals surface area contributed by atoms with Crippen LogP contribution in [0.2, 0.25) is 0 Å². The monoisotopic (exact) mass is 271 g/mol. The number of hydrogen-bond acceptors (Lipinski definition) is 3. The van der Waals surface area contributed by atoms with Crippen molar-refractivity contribution in [3.63, 3.8) is 0 Å². The summed E-state index contributed by atoms with van der Waals surface area (Å²) in [5, 5.41) is 13.6. The summed E-state index contributed by atoms with van der Waals surface area (Å²) in [4.78, 5) is 11.2. The summed E-state index contributed by atoms with van der Waals surface area (Å²) in [6.07, 6.45) is 6.78. The lowest BCUT2D eigenvalue weighted by Crippen LogP contribution is -2.44. The van der Waals surface area contributed by atoms with Crippen LogP contribution in [-0.2, 0) is 4.79 Å². The second-order valence-electron chi connectivity index (χ2n) is 5.72. The van der Waals surface area contributed by atoms with Crippen molar-refractivity contribution in [2.24, 2.45) is 11.8 Å². The van der Waals surface area contributed by atoms with Gasteiger partial charge in [-0.15, -0.1) is 0 Å². The van der Waals surface area contributed by atoms with Gasteiger partial charge in [-0.2, -0.15) is 11.8 Å². The summed E-state index contributed by atoms with van der Waals surface area (Å²) in [7, 11) is 0. The Morgan fingerprint density at radius 3 is 2.78 bits per heavy atom. The molecule has 2 N–H and O–H groups in total. The molecule has 2 fully saturated rings. The number of hydrogen-bond donors (Lipinski definition) is 2. The molecule has 0 spiro atoms. The van der Waals surface area contributed by atoms with Gasteiger partial charge in [0.15, 0.2) is 0 Å². The molecule has 2 aliphatic rings. The first kappa shape index (κ1) is 14.2. The molecule has 18 heavy (non-hydrogen) atoms. The quantitative estimate of drug-likeness (QED) is 0.825. The standard InChI is InChI=1S/C14H25NO2S/c1-10-13(7-4-8-18-10)15-9-11-5-2-3-6-12(11)14(16)17/h10-13,15H,2-9H2,1H3,(H,16,17). The zero-order chi connectivity index (χ0) is 13.0. The highest BCUT2D eigenvalue weighted by atomic mass is 32.2. The fourth-order valence-corrected chi connectivity index (χ4v) is 4.44. The van der Waals surface area contributed by atoms with Crippen LogP contribution in [0.25, 0.3) is 0 Å². The Balaban J connectivity index is 1.81. The van der Waals surface area contributed by atoms with Crippen molar-refractivity contribution in [2.75, 3.05) is 12.3 Å². The molecule has 0 aromatic carbocycles. The maximum atomic E-state index is 11.2. The third kappa shape index (κ3) is 3.64. The van der Waals surface area contributed by atoms with Crippen molar-refractivity contribution in [1.82, 2.24) is 5.32 Å². The van der Waals surface area contributed by atoms with Crippen molar-refractivity contribution in [2.45, 2.75) is 56.7 Å². The van der Waals surface area contributed by atoms with E-state index < -0.39 is 5.97 Å². The van der Waals surface area contributed by atoms with E-state index in [-0.39, 0.29) is 5.92 Å². The first-order chi connectivity index (χ1) is 8.68. The molecule has 1 saturated heterocycles. The molecule has 1 saturated carbocycles. The molecule has 4 unspecified atom stereocenters. The van der Waals surface area contributed by atoms with Gasteiger partial charge in [-0.3, -0.25) is 4.79 Å². The van der Waals surface area contributed by atoms with Gasteiger partial charge in [-0.1, -0.05) is 19.8 Å². The van der Waals surface area contributed by atoms with E-state index in [0.717, 1.165) is 25.8 Å². The van der Waals surface area contributed by atoms with Crippen LogP contribution in [0.15, 0.2) is 0 Å². The normalized spacial score (nSPS) is 37.4. The Kier molecular flexibility index (Phi) is 5.37. The highest BCUT2D eigenvalue weighted by Gasteiger charge is 2.31. The Morgan fingerprint density at radius 2 is 2.06 bits per heavy atom. The molecular formula is C14H25NO2S. The van der Waals surface area contributed by atoms with E-state index in [1.165, 1.54) is 25.0 Å².